The molecule has 154 valence electrons. The minimum absolute atomic E-state index is 0.0847. The van der Waals surface area contributed by atoms with Gasteiger partial charge in [-0.15, -0.1) is 0 Å². The monoisotopic (exact) mass is 424 g/mol. The summed E-state index contributed by atoms with van der Waals surface area (Å²) in [6.45, 7) is 2.31. The average Bonchev–Trinajstić information content (AvgIpc) is 2.76. The van der Waals surface area contributed by atoms with Gasteiger partial charge in [-0.1, -0.05) is 54.1 Å². The lowest BCUT2D eigenvalue weighted by Crippen LogP contribution is -2.33. The lowest BCUT2D eigenvalue weighted by Gasteiger charge is -2.31. The number of hydrogen-bond acceptors (Lipinski definition) is 4. The molecule has 2 N–H and O–H groups in total. The molecule has 0 fully saturated rings. The third-order valence-corrected chi connectivity index (χ3v) is 5.38. The van der Waals surface area contributed by atoms with Gasteiger partial charge >= 0.3 is 0 Å². The van der Waals surface area contributed by atoms with Crippen LogP contribution in [-0.2, 0) is 0 Å². The molecule has 0 unspecified atom stereocenters. The molecule has 0 aromatic heterocycles. The van der Waals surface area contributed by atoms with Gasteiger partial charge in [0.1, 0.15) is 12.0 Å². The lowest BCUT2D eigenvalue weighted by molar-refractivity contribution is 0.313. The summed E-state index contributed by atoms with van der Waals surface area (Å²) in [7, 11) is 0. The number of hydrogen-bond donors (Lipinski definition) is 2. The summed E-state index contributed by atoms with van der Waals surface area (Å²) in [5, 5.41) is 14.8. The maximum absolute atomic E-state index is 14.5. The van der Waals surface area contributed by atoms with Gasteiger partial charge in [0, 0.05) is 34.3 Å². The second-order valence-corrected chi connectivity index (χ2v) is 7.49. The number of phenolic OH excluding ortho intramolecular Hbond substituents is 1. The van der Waals surface area contributed by atoms with Gasteiger partial charge in [-0.2, -0.15) is 0 Å². The van der Waals surface area contributed by atoms with Crippen molar-refractivity contribution in [3.63, 3.8) is 0 Å². The molecule has 0 bridgehead atoms. The van der Waals surface area contributed by atoms with E-state index in [1.807, 2.05) is 43.3 Å². The van der Waals surface area contributed by atoms with Gasteiger partial charge in [-0.25, -0.2) is 4.39 Å². The Morgan fingerprint density at radius 1 is 1.07 bits per heavy atom. The molecule has 6 heteroatoms. The highest BCUT2D eigenvalue weighted by molar-refractivity contribution is 6.30. The number of nitrogens with zero attached hydrogens (tertiary/aromatic N) is 1. The van der Waals surface area contributed by atoms with Gasteiger partial charge in [0.25, 0.3) is 0 Å². The Hall–Kier alpha value is -2.89. The van der Waals surface area contributed by atoms with Crippen molar-refractivity contribution in [1.29, 1.82) is 0 Å². The number of nitrogens with one attached hydrogen (secondary N) is 1. The Kier molecular flexibility index (Phi) is 6.02. The van der Waals surface area contributed by atoms with Crippen molar-refractivity contribution < 1.29 is 14.2 Å². The van der Waals surface area contributed by atoms with Gasteiger partial charge in [0.05, 0.1) is 6.61 Å². The quantitative estimate of drug-likeness (QED) is 0.543. The van der Waals surface area contributed by atoms with E-state index in [1.165, 1.54) is 6.07 Å². The van der Waals surface area contributed by atoms with E-state index in [1.54, 1.807) is 24.3 Å². The van der Waals surface area contributed by atoms with Gasteiger partial charge in [-0.3, -0.25) is 10.3 Å². The molecule has 0 aliphatic carbocycles. The van der Waals surface area contributed by atoms with E-state index in [0.717, 1.165) is 11.3 Å². The molecule has 3 aromatic carbocycles. The molecule has 1 aliphatic rings. The first-order chi connectivity index (χ1) is 14.6. The number of ether oxygens (including phenoxy) is 1. The average molecular weight is 425 g/mol. The smallest absolute Gasteiger partial charge is 0.162 e. The molecule has 2 atom stereocenters. The zero-order chi connectivity index (χ0) is 21.1. The SMILES string of the molecule is CCOc1cccc([C@@H]2CC(c3ccc(Cl)cc3)=N[C@@H](c3ccccc3F)N2)c1O. The standard InChI is InChI=1S/C24H22ClFN2O2/c1-2-30-22-9-5-7-18(23(22)29)21-14-20(15-10-12-16(25)13-11-15)27-24(28-21)17-6-3-4-8-19(17)26/h3-13,21,24,28-29H,2,14H2,1H3/t21-,24+/m0/s1. The fraction of sp³-hybridized carbons (Fsp3) is 0.208. The minimum atomic E-state index is -0.592. The Morgan fingerprint density at radius 3 is 2.53 bits per heavy atom. The fourth-order valence-electron chi connectivity index (χ4n) is 3.67. The first-order valence-corrected chi connectivity index (χ1v) is 10.2. The number of halogens is 2. The van der Waals surface area contributed by atoms with Crippen molar-refractivity contribution >= 4 is 17.3 Å². The molecule has 30 heavy (non-hydrogen) atoms. The molecule has 3 aromatic rings. The second-order valence-electron chi connectivity index (χ2n) is 7.06. The van der Waals surface area contributed by atoms with E-state index >= 15 is 0 Å². The molecule has 0 saturated heterocycles. The first kappa shape index (κ1) is 20.4. The summed E-state index contributed by atoms with van der Waals surface area (Å²) in [6, 6.07) is 19.1. The second kappa shape index (κ2) is 8.86. The normalized spacial score (nSPS) is 18.7. The van der Waals surface area contributed by atoms with E-state index in [0.29, 0.717) is 34.9 Å². The molecule has 0 radical (unpaired) electrons. The predicted octanol–water partition coefficient (Wildman–Crippen LogP) is 5.81. The summed E-state index contributed by atoms with van der Waals surface area (Å²) in [5.41, 5.74) is 2.86. The molecular weight excluding hydrogens is 403 g/mol. The van der Waals surface area contributed by atoms with Gasteiger partial charge in [0.15, 0.2) is 11.5 Å². The van der Waals surface area contributed by atoms with Gasteiger partial charge in [-0.05, 0) is 36.8 Å². The number of aliphatic imine (C=N–C) groups is 1. The Morgan fingerprint density at radius 2 is 1.80 bits per heavy atom. The number of para-hydroxylation sites is 1. The third-order valence-electron chi connectivity index (χ3n) is 5.12. The van der Waals surface area contributed by atoms with Crippen LogP contribution in [0, 0.1) is 5.82 Å². The highest BCUT2D eigenvalue weighted by Crippen LogP contribution is 2.39. The van der Waals surface area contributed by atoms with Crippen molar-refractivity contribution in [2.24, 2.45) is 4.99 Å². The van der Waals surface area contributed by atoms with E-state index in [9.17, 15) is 9.50 Å². The largest absolute Gasteiger partial charge is 0.504 e. The van der Waals surface area contributed by atoms with Crippen LogP contribution in [0.15, 0.2) is 71.7 Å². The van der Waals surface area contributed by atoms with Gasteiger partial charge in [0.2, 0.25) is 0 Å². The molecule has 1 heterocycles. The number of phenols is 1. The summed E-state index contributed by atoms with van der Waals surface area (Å²) in [5.74, 6) is 0.179. The molecule has 0 amide bonds. The predicted molar refractivity (Wildman–Crippen MR) is 117 cm³/mol. The van der Waals surface area contributed by atoms with Crippen molar-refractivity contribution in [3.05, 3.63) is 94.3 Å². The van der Waals surface area contributed by atoms with E-state index in [-0.39, 0.29) is 17.6 Å². The lowest BCUT2D eigenvalue weighted by atomic mass is 9.93. The van der Waals surface area contributed by atoms with Crippen LogP contribution in [0.1, 0.15) is 42.2 Å². The minimum Gasteiger partial charge on any atom is -0.504 e. The maximum Gasteiger partial charge on any atom is 0.162 e. The zero-order valence-corrected chi connectivity index (χ0v) is 17.2. The van der Waals surface area contributed by atoms with Gasteiger partial charge < -0.3 is 9.84 Å². The Bertz CT molecular complexity index is 1070. The van der Waals surface area contributed by atoms with Crippen molar-refractivity contribution in [2.75, 3.05) is 6.61 Å². The summed E-state index contributed by atoms with van der Waals surface area (Å²) >= 11 is 6.04. The van der Waals surface area contributed by atoms with Crippen molar-refractivity contribution in [3.8, 4) is 11.5 Å². The number of aromatic hydroxyl groups is 1. The van der Waals surface area contributed by atoms with E-state index in [2.05, 4.69) is 5.32 Å². The third kappa shape index (κ3) is 4.18. The van der Waals surface area contributed by atoms with Crippen LogP contribution in [0.4, 0.5) is 4.39 Å². The molecule has 1 aliphatic heterocycles. The summed E-state index contributed by atoms with van der Waals surface area (Å²) < 4.78 is 20.1. The van der Waals surface area contributed by atoms with Crippen LogP contribution < -0.4 is 10.1 Å². The molecule has 0 saturated carbocycles. The zero-order valence-electron chi connectivity index (χ0n) is 16.5. The van der Waals surface area contributed by atoms with Crippen LogP contribution in [0.25, 0.3) is 0 Å². The molecule has 4 rings (SSSR count). The highest BCUT2D eigenvalue weighted by Gasteiger charge is 2.29. The molecule has 0 spiro atoms. The Balaban J connectivity index is 1.77. The van der Waals surface area contributed by atoms with Crippen LogP contribution in [-0.4, -0.2) is 17.4 Å². The van der Waals surface area contributed by atoms with Crippen LogP contribution in [0.5, 0.6) is 11.5 Å². The van der Waals surface area contributed by atoms with Crippen molar-refractivity contribution in [1.82, 2.24) is 5.32 Å². The first-order valence-electron chi connectivity index (χ1n) is 9.84. The topological polar surface area (TPSA) is 53.8 Å². The molecule has 4 nitrogen and oxygen atoms in total. The fourth-order valence-corrected chi connectivity index (χ4v) is 3.80. The van der Waals surface area contributed by atoms with Crippen LogP contribution in [0.3, 0.4) is 0 Å². The van der Waals surface area contributed by atoms with E-state index < -0.39 is 6.17 Å². The maximum atomic E-state index is 14.5. The van der Waals surface area contributed by atoms with Crippen LogP contribution in [0.2, 0.25) is 5.02 Å². The summed E-state index contributed by atoms with van der Waals surface area (Å²) in [6.07, 6.45) is -0.0683. The number of benzene rings is 3. The Labute approximate surface area is 180 Å². The number of rotatable bonds is 5. The van der Waals surface area contributed by atoms with Crippen LogP contribution >= 0.6 is 11.6 Å². The van der Waals surface area contributed by atoms with Crippen molar-refractivity contribution in [2.45, 2.75) is 25.6 Å². The molecular formula is C24H22ClFN2O2. The summed E-state index contributed by atoms with van der Waals surface area (Å²) in [4.78, 5) is 4.79. The highest BCUT2D eigenvalue weighted by atomic mass is 35.5. The van der Waals surface area contributed by atoms with E-state index in [4.69, 9.17) is 21.3 Å².